The van der Waals surface area contributed by atoms with Crippen molar-refractivity contribution in [3.63, 3.8) is 0 Å². The monoisotopic (exact) mass is 195 g/mol. The minimum Gasteiger partial charge on any atom is -0.407 e. The number of ether oxygens (including phenoxy) is 1. The molecular weight excluding hydrogens is 182 g/mol. The van der Waals surface area contributed by atoms with Gasteiger partial charge in [0.05, 0.1) is 11.9 Å². The lowest BCUT2D eigenvalue weighted by Gasteiger charge is -2.11. The van der Waals surface area contributed by atoms with E-state index in [-0.39, 0.29) is 0 Å². The Balaban J connectivity index is 2.82. The number of aryl methyl sites for hydroxylation is 2. The van der Waals surface area contributed by atoms with E-state index in [2.05, 4.69) is 9.97 Å². The molecule has 14 heavy (non-hydrogen) atoms. The summed E-state index contributed by atoms with van der Waals surface area (Å²) >= 11 is 0. The molecule has 1 amide bonds. The fraction of sp³-hybridized carbons (Fsp3) is 0.444. The summed E-state index contributed by atoms with van der Waals surface area (Å²) in [6.07, 6.45) is 1.07. The average Bonchev–Trinajstić information content (AvgIpc) is 2.09. The largest absolute Gasteiger partial charge is 0.414 e. The first-order chi connectivity index (χ1) is 6.50. The predicted octanol–water partition coefficient (Wildman–Crippen LogP) is 1.15. The Morgan fingerprint density at radius 2 is 2.07 bits per heavy atom. The zero-order chi connectivity index (χ0) is 10.7. The Morgan fingerprint density at radius 1 is 1.43 bits per heavy atom. The summed E-state index contributed by atoms with van der Waals surface area (Å²) in [6, 6.07) is 0. The van der Waals surface area contributed by atoms with Crippen LogP contribution in [0.25, 0.3) is 0 Å². The average molecular weight is 195 g/mol. The topological polar surface area (TPSA) is 55.3 Å². The molecule has 76 valence electrons. The first-order valence-corrected chi connectivity index (χ1v) is 4.20. The molecule has 0 aliphatic carbocycles. The lowest BCUT2D eigenvalue weighted by molar-refractivity contribution is 0.171. The van der Waals surface area contributed by atoms with Gasteiger partial charge in [0.15, 0.2) is 5.75 Å². The van der Waals surface area contributed by atoms with E-state index in [0.29, 0.717) is 17.3 Å². The molecule has 1 heterocycles. The van der Waals surface area contributed by atoms with Crippen LogP contribution in [-0.4, -0.2) is 35.1 Å². The molecule has 0 saturated heterocycles. The lowest BCUT2D eigenvalue weighted by Crippen LogP contribution is -2.25. The maximum absolute atomic E-state index is 11.2. The quantitative estimate of drug-likeness (QED) is 0.674. The van der Waals surface area contributed by atoms with Gasteiger partial charge in [-0.1, -0.05) is 0 Å². The molecule has 1 rings (SSSR count). The highest BCUT2D eigenvalue weighted by atomic mass is 16.6. The van der Waals surface area contributed by atoms with Crippen molar-refractivity contribution < 1.29 is 9.53 Å². The normalized spacial score (nSPS) is 9.71. The fourth-order valence-corrected chi connectivity index (χ4v) is 0.858. The van der Waals surface area contributed by atoms with E-state index in [9.17, 15) is 4.79 Å². The fourth-order valence-electron chi connectivity index (χ4n) is 0.858. The maximum Gasteiger partial charge on any atom is 0.414 e. The number of carbonyl (C=O) groups excluding carboxylic acids is 1. The Kier molecular flexibility index (Phi) is 3.01. The molecule has 0 aromatic carbocycles. The molecule has 0 spiro atoms. The van der Waals surface area contributed by atoms with Gasteiger partial charge in [-0.3, -0.25) is 0 Å². The molecule has 0 atom stereocenters. The van der Waals surface area contributed by atoms with Crippen LogP contribution >= 0.6 is 0 Å². The van der Waals surface area contributed by atoms with Gasteiger partial charge in [-0.15, -0.1) is 0 Å². The summed E-state index contributed by atoms with van der Waals surface area (Å²) < 4.78 is 5.02. The van der Waals surface area contributed by atoms with Gasteiger partial charge in [0.25, 0.3) is 0 Å². The molecule has 0 N–H and O–H groups in total. The molecule has 0 fully saturated rings. The lowest BCUT2D eigenvalue weighted by atomic mass is 10.4. The molecule has 0 saturated carbocycles. The Labute approximate surface area is 82.7 Å². The summed E-state index contributed by atoms with van der Waals surface area (Å²) in [5, 5.41) is 0. The van der Waals surface area contributed by atoms with Gasteiger partial charge in [-0.05, 0) is 13.8 Å². The molecule has 1 aromatic heterocycles. The number of hydrogen-bond donors (Lipinski definition) is 0. The number of aromatic nitrogens is 2. The molecule has 0 aliphatic heterocycles. The first kappa shape index (κ1) is 10.4. The van der Waals surface area contributed by atoms with Gasteiger partial charge < -0.3 is 9.64 Å². The highest BCUT2D eigenvalue weighted by Gasteiger charge is 2.09. The second-order valence-electron chi connectivity index (χ2n) is 3.13. The molecule has 0 radical (unpaired) electrons. The summed E-state index contributed by atoms with van der Waals surface area (Å²) in [5.74, 6) is 1.06. The predicted molar refractivity (Wildman–Crippen MR) is 51.2 cm³/mol. The molecule has 0 unspecified atom stereocenters. The number of hydrogen-bond acceptors (Lipinski definition) is 4. The number of nitrogens with zero attached hydrogens (tertiary/aromatic N) is 3. The zero-order valence-corrected chi connectivity index (χ0v) is 8.74. The SMILES string of the molecule is Cc1ncc(OC(=O)N(C)C)c(C)n1. The Morgan fingerprint density at radius 3 is 2.57 bits per heavy atom. The summed E-state index contributed by atoms with van der Waals surface area (Å²) in [6.45, 7) is 3.55. The second-order valence-corrected chi connectivity index (χ2v) is 3.13. The minimum absolute atomic E-state index is 0.398. The molecule has 1 aromatic rings. The van der Waals surface area contributed by atoms with Gasteiger partial charge >= 0.3 is 6.09 Å². The molecule has 5 heteroatoms. The number of rotatable bonds is 1. The summed E-state index contributed by atoms with van der Waals surface area (Å²) in [5.41, 5.74) is 0.660. The van der Waals surface area contributed by atoms with Gasteiger partial charge in [0.1, 0.15) is 5.82 Å². The summed E-state index contributed by atoms with van der Waals surface area (Å²) in [7, 11) is 3.24. The third-order valence-corrected chi connectivity index (χ3v) is 1.62. The minimum atomic E-state index is -0.430. The molecular formula is C9H13N3O2. The van der Waals surface area contributed by atoms with Crippen LogP contribution in [0.1, 0.15) is 11.5 Å². The van der Waals surface area contributed by atoms with Gasteiger partial charge in [-0.2, -0.15) is 0 Å². The van der Waals surface area contributed by atoms with E-state index in [0.717, 1.165) is 0 Å². The number of carbonyl (C=O) groups is 1. The highest BCUT2D eigenvalue weighted by molar-refractivity contribution is 5.70. The van der Waals surface area contributed by atoms with Crippen molar-refractivity contribution in [3.8, 4) is 5.75 Å². The maximum atomic E-state index is 11.2. The molecule has 5 nitrogen and oxygen atoms in total. The van der Waals surface area contributed by atoms with Crippen LogP contribution in [0, 0.1) is 13.8 Å². The van der Waals surface area contributed by atoms with Gasteiger partial charge in [0, 0.05) is 14.1 Å². The van der Waals surface area contributed by atoms with E-state index in [1.165, 1.54) is 11.1 Å². The van der Waals surface area contributed by atoms with E-state index in [4.69, 9.17) is 4.74 Å². The van der Waals surface area contributed by atoms with Crippen LogP contribution in [0.2, 0.25) is 0 Å². The molecule has 0 bridgehead atoms. The Hall–Kier alpha value is -1.65. The van der Waals surface area contributed by atoms with Crippen molar-refractivity contribution in [1.82, 2.24) is 14.9 Å². The van der Waals surface area contributed by atoms with Crippen LogP contribution in [0.15, 0.2) is 6.20 Å². The first-order valence-electron chi connectivity index (χ1n) is 4.20. The van der Waals surface area contributed by atoms with E-state index in [1.807, 2.05) is 0 Å². The van der Waals surface area contributed by atoms with Crippen molar-refractivity contribution >= 4 is 6.09 Å². The highest BCUT2D eigenvalue weighted by Crippen LogP contribution is 2.13. The zero-order valence-electron chi connectivity index (χ0n) is 8.74. The molecule has 0 aliphatic rings. The van der Waals surface area contributed by atoms with Crippen molar-refractivity contribution in [2.75, 3.05) is 14.1 Å². The van der Waals surface area contributed by atoms with E-state index < -0.39 is 6.09 Å². The van der Waals surface area contributed by atoms with Crippen molar-refractivity contribution in [2.24, 2.45) is 0 Å². The van der Waals surface area contributed by atoms with E-state index >= 15 is 0 Å². The van der Waals surface area contributed by atoms with Crippen molar-refractivity contribution in [3.05, 3.63) is 17.7 Å². The van der Waals surface area contributed by atoms with Crippen LogP contribution in [0.5, 0.6) is 5.75 Å². The standard InChI is InChI=1S/C9H13N3O2/c1-6-8(5-10-7(2)11-6)14-9(13)12(3)4/h5H,1-4H3. The second kappa shape index (κ2) is 4.04. The third-order valence-electron chi connectivity index (χ3n) is 1.62. The van der Waals surface area contributed by atoms with Crippen LogP contribution in [0.3, 0.4) is 0 Å². The van der Waals surface area contributed by atoms with Crippen molar-refractivity contribution in [2.45, 2.75) is 13.8 Å². The summed E-state index contributed by atoms with van der Waals surface area (Å²) in [4.78, 5) is 20.6. The Bertz CT molecular complexity index is 350. The number of amides is 1. The van der Waals surface area contributed by atoms with Crippen LogP contribution in [-0.2, 0) is 0 Å². The van der Waals surface area contributed by atoms with Gasteiger partial charge in [0.2, 0.25) is 0 Å². The van der Waals surface area contributed by atoms with Crippen molar-refractivity contribution in [1.29, 1.82) is 0 Å². The van der Waals surface area contributed by atoms with Crippen LogP contribution in [0.4, 0.5) is 4.79 Å². The van der Waals surface area contributed by atoms with E-state index in [1.54, 1.807) is 27.9 Å². The van der Waals surface area contributed by atoms with Gasteiger partial charge in [-0.25, -0.2) is 14.8 Å². The smallest absolute Gasteiger partial charge is 0.407 e. The third kappa shape index (κ3) is 2.42. The van der Waals surface area contributed by atoms with Crippen LogP contribution < -0.4 is 4.74 Å².